The predicted octanol–water partition coefficient (Wildman–Crippen LogP) is 5.63. The molecule has 3 aromatic rings. The number of carbonyl (C=O) groups excluding carboxylic acids is 1. The van der Waals surface area contributed by atoms with Gasteiger partial charge in [-0.2, -0.15) is 0 Å². The Morgan fingerprint density at radius 1 is 0.967 bits per heavy atom. The quantitative estimate of drug-likeness (QED) is 0.400. The van der Waals surface area contributed by atoms with Crippen molar-refractivity contribution in [3.8, 4) is 0 Å². The molecule has 0 fully saturated rings. The summed E-state index contributed by atoms with van der Waals surface area (Å²) in [5, 5.41) is 14.1. The van der Waals surface area contributed by atoms with Gasteiger partial charge in [0.25, 0.3) is 0 Å². The van der Waals surface area contributed by atoms with Crippen LogP contribution in [0.3, 0.4) is 0 Å². The van der Waals surface area contributed by atoms with Crippen LogP contribution in [0, 0.1) is 0 Å². The highest BCUT2D eigenvalue weighted by Crippen LogP contribution is 2.22. The number of carboxylic acids is 1. The second-order valence-corrected chi connectivity index (χ2v) is 7.44. The lowest BCUT2D eigenvalue weighted by Crippen LogP contribution is -2.16. The van der Waals surface area contributed by atoms with E-state index in [-0.39, 0.29) is 12.3 Å². The maximum atomic E-state index is 12.8. The number of carboxylic acid groups (broad SMARTS) is 1. The number of benzene rings is 3. The van der Waals surface area contributed by atoms with E-state index in [4.69, 9.17) is 5.11 Å². The molecule has 3 aromatic carbocycles. The number of nitrogens with one attached hydrogen (secondary N) is 1. The summed E-state index contributed by atoms with van der Waals surface area (Å²) >= 11 is 0. The third-order valence-corrected chi connectivity index (χ3v) is 4.78. The van der Waals surface area contributed by atoms with Gasteiger partial charge in [0.1, 0.15) is 0 Å². The minimum absolute atomic E-state index is 0.0846. The van der Waals surface area contributed by atoms with Gasteiger partial charge in [-0.25, -0.2) is 4.79 Å². The number of hydrogen-bond acceptors (Lipinski definition) is 2. The second-order valence-electron chi connectivity index (χ2n) is 7.44. The molecule has 0 bridgehead atoms. The summed E-state index contributed by atoms with van der Waals surface area (Å²) in [5.41, 5.74) is 4.62. The first-order valence-electron chi connectivity index (χ1n) is 9.86. The van der Waals surface area contributed by atoms with Crippen LogP contribution in [0.4, 0.5) is 5.69 Å². The summed E-state index contributed by atoms with van der Waals surface area (Å²) in [6.07, 6.45) is 5.68. The van der Waals surface area contributed by atoms with Gasteiger partial charge in [-0.15, -0.1) is 0 Å². The molecule has 152 valence electrons. The number of aliphatic carboxylic acids is 1. The zero-order valence-electron chi connectivity index (χ0n) is 17.2. The Balaban J connectivity index is 1.83. The van der Waals surface area contributed by atoms with Crippen molar-refractivity contribution in [1.82, 2.24) is 0 Å². The summed E-state index contributed by atoms with van der Waals surface area (Å²) in [7, 11) is 0. The molecule has 3 rings (SSSR count). The van der Waals surface area contributed by atoms with Crippen molar-refractivity contribution < 1.29 is 14.7 Å². The van der Waals surface area contributed by atoms with Gasteiger partial charge in [-0.05, 0) is 65.9 Å². The van der Waals surface area contributed by atoms with Crippen LogP contribution in [-0.2, 0) is 22.4 Å². The third-order valence-electron chi connectivity index (χ3n) is 4.78. The standard InChI is InChI=1S/C26H25NO3/c1-18(2)10-13-22-16-19(12-15-26(29)30)11-14-24(22)27-25(28)17-21-8-5-7-20-6-3-4-9-23(20)21/h3-12,14-16H,13,17H2,1-2H3,(H,27,28)(H,29,30)/b15-12+. The minimum atomic E-state index is -0.992. The Morgan fingerprint density at radius 2 is 1.73 bits per heavy atom. The van der Waals surface area contributed by atoms with Gasteiger partial charge in [-0.1, -0.05) is 60.2 Å². The average Bonchev–Trinajstić information content (AvgIpc) is 2.72. The van der Waals surface area contributed by atoms with Crippen molar-refractivity contribution in [1.29, 1.82) is 0 Å². The van der Waals surface area contributed by atoms with E-state index >= 15 is 0 Å². The molecule has 4 nitrogen and oxygen atoms in total. The van der Waals surface area contributed by atoms with Crippen LogP contribution in [-0.4, -0.2) is 17.0 Å². The third kappa shape index (κ3) is 5.67. The smallest absolute Gasteiger partial charge is 0.328 e. The molecular weight excluding hydrogens is 374 g/mol. The Kier molecular flexibility index (Phi) is 6.81. The van der Waals surface area contributed by atoms with E-state index in [9.17, 15) is 9.59 Å². The van der Waals surface area contributed by atoms with Crippen molar-refractivity contribution in [2.45, 2.75) is 26.7 Å². The van der Waals surface area contributed by atoms with Crippen LogP contribution in [0.1, 0.15) is 30.5 Å². The molecule has 0 radical (unpaired) electrons. The largest absolute Gasteiger partial charge is 0.478 e. The number of fused-ring (bicyclic) bond motifs is 1. The SMILES string of the molecule is CC(C)=CCc1cc(/C=C/C(=O)O)ccc1NC(=O)Cc1cccc2ccccc12. The number of amides is 1. The first kappa shape index (κ1) is 21.1. The highest BCUT2D eigenvalue weighted by Gasteiger charge is 2.10. The van der Waals surface area contributed by atoms with Gasteiger partial charge in [0.05, 0.1) is 6.42 Å². The Morgan fingerprint density at radius 3 is 2.50 bits per heavy atom. The van der Waals surface area contributed by atoms with E-state index in [1.165, 1.54) is 5.57 Å². The Hall–Kier alpha value is -3.66. The van der Waals surface area contributed by atoms with E-state index in [0.29, 0.717) is 6.42 Å². The maximum Gasteiger partial charge on any atom is 0.328 e. The number of carbonyl (C=O) groups is 2. The maximum absolute atomic E-state index is 12.8. The highest BCUT2D eigenvalue weighted by atomic mass is 16.4. The molecule has 0 saturated carbocycles. The fourth-order valence-electron chi connectivity index (χ4n) is 3.30. The molecule has 0 aliphatic heterocycles. The summed E-state index contributed by atoms with van der Waals surface area (Å²) in [5.74, 6) is -1.08. The van der Waals surface area contributed by atoms with E-state index in [2.05, 4.69) is 11.4 Å². The fraction of sp³-hybridized carbons (Fsp3) is 0.154. The molecule has 0 atom stereocenters. The van der Waals surface area contributed by atoms with Crippen molar-refractivity contribution in [2.75, 3.05) is 5.32 Å². The summed E-state index contributed by atoms with van der Waals surface area (Å²) in [4.78, 5) is 23.6. The van der Waals surface area contributed by atoms with Gasteiger partial charge in [0.2, 0.25) is 5.91 Å². The van der Waals surface area contributed by atoms with Gasteiger partial charge in [0.15, 0.2) is 0 Å². The predicted molar refractivity (Wildman–Crippen MR) is 123 cm³/mol. The number of anilines is 1. The van der Waals surface area contributed by atoms with Crippen LogP contribution in [0.25, 0.3) is 16.8 Å². The summed E-state index contributed by atoms with van der Waals surface area (Å²) < 4.78 is 0. The van der Waals surface area contributed by atoms with Crippen LogP contribution in [0.5, 0.6) is 0 Å². The van der Waals surface area contributed by atoms with Crippen LogP contribution >= 0.6 is 0 Å². The lowest BCUT2D eigenvalue weighted by atomic mass is 10.0. The van der Waals surface area contributed by atoms with E-state index < -0.39 is 5.97 Å². The Labute approximate surface area is 176 Å². The molecule has 0 saturated heterocycles. The molecule has 4 heteroatoms. The molecule has 0 aliphatic rings. The van der Waals surface area contributed by atoms with Gasteiger partial charge in [-0.3, -0.25) is 4.79 Å². The van der Waals surface area contributed by atoms with Gasteiger partial charge < -0.3 is 10.4 Å². The Bertz CT molecular complexity index is 1130. The zero-order valence-corrected chi connectivity index (χ0v) is 17.2. The van der Waals surface area contributed by atoms with Crippen molar-refractivity contribution in [3.05, 3.63) is 95.1 Å². The van der Waals surface area contributed by atoms with E-state index in [1.54, 1.807) is 12.1 Å². The van der Waals surface area contributed by atoms with Gasteiger partial charge >= 0.3 is 5.97 Å². The molecule has 0 spiro atoms. The summed E-state index contributed by atoms with van der Waals surface area (Å²) in [6, 6.07) is 19.6. The molecule has 0 unspecified atom stereocenters. The van der Waals surface area contributed by atoms with Crippen LogP contribution < -0.4 is 5.32 Å². The fourth-order valence-corrected chi connectivity index (χ4v) is 3.30. The van der Waals surface area contributed by atoms with Crippen molar-refractivity contribution in [3.63, 3.8) is 0 Å². The molecule has 30 heavy (non-hydrogen) atoms. The first-order chi connectivity index (χ1) is 14.4. The number of allylic oxidation sites excluding steroid dienone is 2. The van der Waals surface area contributed by atoms with Gasteiger partial charge in [0, 0.05) is 11.8 Å². The van der Waals surface area contributed by atoms with Crippen molar-refractivity contribution in [2.24, 2.45) is 0 Å². The molecule has 2 N–H and O–H groups in total. The van der Waals surface area contributed by atoms with E-state index in [1.807, 2.05) is 68.4 Å². The zero-order chi connectivity index (χ0) is 21.5. The highest BCUT2D eigenvalue weighted by molar-refractivity contribution is 5.97. The van der Waals surface area contributed by atoms with Crippen LogP contribution in [0.15, 0.2) is 78.4 Å². The monoisotopic (exact) mass is 399 g/mol. The van der Waals surface area contributed by atoms with E-state index in [0.717, 1.165) is 39.2 Å². The molecule has 1 amide bonds. The van der Waals surface area contributed by atoms with Crippen LogP contribution in [0.2, 0.25) is 0 Å². The molecular formula is C26H25NO3. The lowest BCUT2D eigenvalue weighted by Gasteiger charge is -2.12. The van der Waals surface area contributed by atoms with Crippen molar-refractivity contribution >= 4 is 34.4 Å². The average molecular weight is 399 g/mol. The second kappa shape index (κ2) is 9.70. The topological polar surface area (TPSA) is 66.4 Å². The minimum Gasteiger partial charge on any atom is -0.478 e. The summed E-state index contributed by atoms with van der Waals surface area (Å²) in [6.45, 7) is 4.04. The lowest BCUT2D eigenvalue weighted by molar-refractivity contribution is -0.131. The molecule has 0 aliphatic carbocycles. The number of hydrogen-bond donors (Lipinski definition) is 2. The first-order valence-corrected chi connectivity index (χ1v) is 9.86. The molecule has 0 heterocycles. The normalized spacial score (nSPS) is 10.9. The number of rotatable bonds is 7. The molecule has 0 aromatic heterocycles.